The molecule has 0 aromatic heterocycles. The number of aryl methyl sites for hydroxylation is 1. The maximum atomic E-state index is 11.1. The molecule has 2 aromatic carbocycles. The quantitative estimate of drug-likeness (QED) is 0.385. The highest BCUT2D eigenvalue weighted by Gasteiger charge is 2.40. The molecule has 1 saturated heterocycles. The molecule has 28 heavy (non-hydrogen) atoms. The Bertz CT molecular complexity index is 717. The van der Waals surface area contributed by atoms with E-state index in [0.29, 0.717) is 11.6 Å². The van der Waals surface area contributed by atoms with E-state index >= 15 is 0 Å². The van der Waals surface area contributed by atoms with Gasteiger partial charge in [-0.2, -0.15) is 0 Å². The SMILES string of the molecule is CC1(c2ccccc2)CO1.CCOC(CCc1ccc(Cl)cc1)CC(=O)NO. The summed E-state index contributed by atoms with van der Waals surface area (Å²) in [5.41, 5.74) is 4.10. The van der Waals surface area contributed by atoms with Gasteiger partial charge in [-0.05, 0) is 49.9 Å². The van der Waals surface area contributed by atoms with Gasteiger partial charge in [-0.25, -0.2) is 5.48 Å². The van der Waals surface area contributed by atoms with E-state index in [-0.39, 0.29) is 18.1 Å². The van der Waals surface area contributed by atoms with E-state index in [9.17, 15) is 4.79 Å². The molecular formula is C22H28ClNO4. The third-order valence-electron chi connectivity index (χ3n) is 4.57. The van der Waals surface area contributed by atoms with Gasteiger partial charge in [0.15, 0.2) is 0 Å². The first-order chi connectivity index (χ1) is 13.5. The summed E-state index contributed by atoms with van der Waals surface area (Å²) in [5.74, 6) is -0.426. The van der Waals surface area contributed by atoms with E-state index in [1.54, 1.807) is 5.48 Å². The summed E-state index contributed by atoms with van der Waals surface area (Å²) in [6.45, 7) is 5.41. The zero-order chi connectivity index (χ0) is 20.4. The number of rotatable bonds is 8. The molecule has 0 bridgehead atoms. The number of benzene rings is 2. The maximum Gasteiger partial charge on any atom is 0.245 e. The second-order valence-electron chi connectivity index (χ2n) is 6.87. The summed E-state index contributed by atoms with van der Waals surface area (Å²) >= 11 is 5.81. The van der Waals surface area contributed by atoms with Crippen LogP contribution in [-0.4, -0.2) is 30.4 Å². The average Bonchev–Trinajstić information content (AvgIpc) is 3.47. The number of nitrogens with one attached hydrogen (secondary N) is 1. The third-order valence-corrected chi connectivity index (χ3v) is 4.82. The van der Waals surface area contributed by atoms with Gasteiger partial charge in [-0.15, -0.1) is 0 Å². The molecule has 1 aliphatic rings. The van der Waals surface area contributed by atoms with E-state index in [0.717, 1.165) is 25.0 Å². The monoisotopic (exact) mass is 405 g/mol. The van der Waals surface area contributed by atoms with Crippen LogP contribution < -0.4 is 5.48 Å². The van der Waals surface area contributed by atoms with Crippen LogP contribution in [-0.2, 0) is 26.3 Å². The molecule has 6 heteroatoms. The van der Waals surface area contributed by atoms with Gasteiger partial charge in [0, 0.05) is 11.6 Å². The summed E-state index contributed by atoms with van der Waals surface area (Å²) in [6, 6.07) is 17.9. The molecule has 1 heterocycles. The molecule has 1 amide bonds. The molecule has 2 aromatic rings. The lowest BCUT2D eigenvalue weighted by molar-refractivity contribution is -0.132. The van der Waals surface area contributed by atoms with Crippen molar-refractivity contribution in [2.75, 3.05) is 13.2 Å². The number of carbonyl (C=O) groups is 1. The van der Waals surface area contributed by atoms with Gasteiger partial charge in [-0.3, -0.25) is 10.0 Å². The van der Waals surface area contributed by atoms with Crippen molar-refractivity contribution in [3.63, 3.8) is 0 Å². The molecule has 2 unspecified atom stereocenters. The van der Waals surface area contributed by atoms with Gasteiger partial charge in [0.05, 0.1) is 19.1 Å². The number of halogens is 1. The Morgan fingerprint density at radius 2 is 1.89 bits per heavy atom. The molecule has 2 N–H and O–H groups in total. The molecule has 2 atom stereocenters. The molecule has 0 radical (unpaired) electrons. The van der Waals surface area contributed by atoms with Crippen LogP contribution >= 0.6 is 11.6 Å². The fourth-order valence-electron chi connectivity index (χ4n) is 2.78. The molecule has 5 nitrogen and oxygen atoms in total. The Hall–Kier alpha value is -1.92. The first-order valence-corrected chi connectivity index (χ1v) is 9.83. The lowest BCUT2D eigenvalue weighted by atomic mass is 10.0. The van der Waals surface area contributed by atoms with Crippen LogP contribution in [0.1, 0.15) is 37.8 Å². The summed E-state index contributed by atoms with van der Waals surface area (Å²) in [5, 5.41) is 9.21. The number of amides is 1. The second-order valence-corrected chi connectivity index (χ2v) is 7.30. The Labute approximate surface area is 171 Å². The van der Waals surface area contributed by atoms with E-state index in [4.69, 9.17) is 26.3 Å². The minimum atomic E-state index is -0.426. The highest BCUT2D eigenvalue weighted by molar-refractivity contribution is 6.30. The highest BCUT2D eigenvalue weighted by atomic mass is 35.5. The van der Waals surface area contributed by atoms with E-state index in [1.165, 1.54) is 5.56 Å². The van der Waals surface area contributed by atoms with Crippen molar-refractivity contribution in [2.24, 2.45) is 0 Å². The number of hydrogen-bond donors (Lipinski definition) is 2. The van der Waals surface area contributed by atoms with Crippen molar-refractivity contribution >= 4 is 17.5 Å². The van der Waals surface area contributed by atoms with Crippen LogP contribution in [0.15, 0.2) is 54.6 Å². The smallest absolute Gasteiger partial charge is 0.245 e. The molecule has 3 rings (SSSR count). The van der Waals surface area contributed by atoms with E-state index in [2.05, 4.69) is 19.1 Å². The highest BCUT2D eigenvalue weighted by Crippen LogP contribution is 2.37. The minimum absolute atomic E-state index is 0.0429. The van der Waals surface area contributed by atoms with Gasteiger partial charge in [-0.1, -0.05) is 54.1 Å². The second kappa shape index (κ2) is 11.2. The average molecular weight is 406 g/mol. The number of hydroxylamine groups is 1. The lowest BCUT2D eigenvalue weighted by Crippen LogP contribution is -2.26. The summed E-state index contributed by atoms with van der Waals surface area (Å²) in [4.78, 5) is 11.1. The van der Waals surface area contributed by atoms with Gasteiger partial charge < -0.3 is 9.47 Å². The summed E-state index contributed by atoms with van der Waals surface area (Å²) in [7, 11) is 0. The Morgan fingerprint density at radius 1 is 1.25 bits per heavy atom. The van der Waals surface area contributed by atoms with E-state index < -0.39 is 5.91 Å². The molecule has 1 fully saturated rings. The molecule has 0 spiro atoms. The first-order valence-electron chi connectivity index (χ1n) is 9.45. The van der Waals surface area contributed by atoms with Gasteiger partial charge in [0.25, 0.3) is 0 Å². The molecular weight excluding hydrogens is 378 g/mol. The third kappa shape index (κ3) is 7.60. The predicted molar refractivity (Wildman–Crippen MR) is 109 cm³/mol. The molecule has 1 aliphatic heterocycles. The summed E-state index contributed by atoms with van der Waals surface area (Å²) < 4.78 is 10.7. The number of hydrogen-bond acceptors (Lipinski definition) is 4. The predicted octanol–water partition coefficient (Wildman–Crippen LogP) is 4.51. The van der Waals surface area contributed by atoms with Crippen LogP contribution in [0.5, 0.6) is 0 Å². The van der Waals surface area contributed by atoms with Crippen molar-refractivity contribution in [2.45, 2.75) is 44.8 Å². The fraction of sp³-hybridized carbons (Fsp3) is 0.409. The standard InChI is InChI=1S/C13H18ClNO3.C9H10O/c1-2-18-12(9-13(16)15-17)8-5-10-3-6-11(14)7-4-10;1-9(7-10-9)8-5-3-2-4-6-8/h3-4,6-7,12,17H,2,5,8-9H2,1H3,(H,15,16);2-6H,7H2,1H3. The van der Waals surface area contributed by atoms with Crippen molar-refractivity contribution in [1.29, 1.82) is 0 Å². The van der Waals surface area contributed by atoms with Crippen LogP contribution in [0.25, 0.3) is 0 Å². The molecule has 0 aliphatic carbocycles. The normalized spacial score (nSPS) is 18.6. The Morgan fingerprint density at radius 3 is 2.43 bits per heavy atom. The van der Waals surface area contributed by atoms with Crippen molar-refractivity contribution in [3.8, 4) is 0 Å². The van der Waals surface area contributed by atoms with Crippen LogP contribution in [0.3, 0.4) is 0 Å². The lowest BCUT2D eigenvalue weighted by Gasteiger charge is -2.15. The van der Waals surface area contributed by atoms with E-state index in [1.807, 2.05) is 49.4 Å². The van der Waals surface area contributed by atoms with Crippen LogP contribution in [0.2, 0.25) is 5.02 Å². The number of carbonyl (C=O) groups excluding carboxylic acids is 1. The van der Waals surface area contributed by atoms with Crippen LogP contribution in [0.4, 0.5) is 0 Å². The molecule has 152 valence electrons. The Kier molecular flexibility index (Phi) is 8.93. The van der Waals surface area contributed by atoms with Crippen molar-refractivity contribution in [1.82, 2.24) is 5.48 Å². The zero-order valence-electron chi connectivity index (χ0n) is 16.4. The van der Waals surface area contributed by atoms with Crippen LogP contribution in [0, 0.1) is 0 Å². The number of epoxide rings is 1. The maximum absolute atomic E-state index is 11.1. The summed E-state index contributed by atoms with van der Waals surface area (Å²) in [6.07, 6.45) is 1.51. The zero-order valence-corrected chi connectivity index (χ0v) is 17.1. The minimum Gasteiger partial charge on any atom is -0.378 e. The van der Waals surface area contributed by atoms with Crippen molar-refractivity contribution < 1.29 is 19.5 Å². The number of ether oxygens (including phenoxy) is 2. The van der Waals surface area contributed by atoms with Gasteiger partial charge in [0.1, 0.15) is 5.60 Å². The fourth-order valence-corrected chi connectivity index (χ4v) is 2.90. The van der Waals surface area contributed by atoms with Gasteiger partial charge in [0.2, 0.25) is 5.91 Å². The Balaban J connectivity index is 0.000000233. The first kappa shape index (κ1) is 22.4. The largest absolute Gasteiger partial charge is 0.378 e. The topological polar surface area (TPSA) is 71.1 Å². The van der Waals surface area contributed by atoms with Gasteiger partial charge >= 0.3 is 0 Å². The van der Waals surface area contributed by atoms with Crippen molar-refractivity contribution in [3.05, 3.63) is 70.7 Å². The molecule has 0 saturated carbocycles.